The highest BCUT2D eigenvalue weighted by Gasteiger charge is 2.46. The van der Waals surface area contributed by atoms with Crippen molar-refractivity contribution < 1.29 is 28.6 Å². The summed E-state index contributed by atoms with van der Waals surface area (Å²) in [6.45, 7) is 3.97. The molecule has 0 saturated carbocycles. The van der Waals surface area contributed by atoms with Gasteiger partial charge in [0.05, 0.1) is 41.1 Å². The van der Waals surface area contributed by atoms with Crippen molar-refractivity contribution >= 4 is 28.7 Å². The van der Waals surface area contributed by atoms with E-state index in [0.29, 0.717) is 60.1 Å². The first-order valence-electron chi connectivity index (χ1n) is 18.3. The Morgan fingerprint density at radius 2 is 1.91 bits per heavy atom. The average Bonchev–Trinajstić information content (AvgIpc) is 3.52. The zero-order chi connectivity index (χ0) is 37.6. The van der Waals surface area contributed by atoms with Gasteiger partial charge in [-0.2, -0.15) is 0 Å². The summed E-state index contributed by atoms with van der Waals surface area (Å²) in [5.74, 6) is -2.03. The zero-order valence-corrected chi connectivity index (χ0v) is 30.2. The van der Waals surface area contributed by atoms with Gasteiger partial charge in [-0.1, -0.05) is 37.3 Å². The zero-order valence-electron chi connectivity index (χ0n) is 30.2. The second kappa shape index (κ2) is 14.4. The van der Waals surface area contributed by atoms with Crippen LogP contribution in [-0.2, 0) is 50.7 Å². The first-order valence-corrected chi connectivity index (χ1v) is 18.3. The molecule has 0 fully saturated rings. The number of hydrogen-bond acceptors (Lipinski definition) is 9. The molecular formula is C40H45FN6O6. The lowest BCUT2D eigenvalue weighted by atomic mass is 9.81. The van der Waals surface area contributed by atoms with E-state index in [1.165, 1.54) is 10.6 Å². The summed E-state index contributed by atoms with van der Waals surface area (Å²) in [6.07, 6.45) is 3.10. The number of benzene rings is 2. The third-order valence-corrected chi connectivity index (χ3v) is 11.1. The number of amides is 2. The summed E-state index contributed by atoms with van der Waals surface area (Å²) in [5, 5.41) is 21.3. The van der Waals surface area contributed by atoms with Crippen molar-refractivity contribution in [1.29, 1.82) is 0 Å². The standard InChI is InChI=1S/C40H45FN6O6/c1-4-40(52)26-17-32-35-24(19-47(32)38(50)25(26)20-53-39(40)51)34-29(14-13-23-21(2)27(41)18-31(44-35)33(23)34)45-37(49)30(12-8-9-15-43-3)46-36(48)28(42)16-22-10-6-5-7-11-22/h5-7,10-11,17-18,28-30,43,52H,4,8-9,12-16,19-20,42H2,1-3H3,(H,45,49)(H,46,48)/t28-,29-,30-,40-/m0/s1. The smallest absolute Gasteiger partial charge is 0.343 e. The number of ether oxygens (including phenoxy) is 1. The molecule has 2 aliphatic heterocycles. The fourth-order valence-electron chi connectivity index (χ4n) is 8.13. The summed E-state index contributed by atoms with van der Waals surface area (Å²) >= 11 is 0. The SMILES string of the molecule is CC[C@@]1(O)C(=O)OCc2c1cc1n(c2=O)Cc2c-1nc1cc(F)c(C)c3c1c2[C@@H](NC(=O)[C@H](CCCCNC)NC(=O)[C@@H](N)Cc1ccccc1)CC3. The first kappa shape index (κ1) is 36.4. The van der Waals surface area contributed by atoms with Crippen LogP contribution in [0.1, 0.15) is 84.0 Å². The number of aliphatic hydroxyl groups is 1. The van der Waals surface area contributed by atoms with Gasteiger partial charge in [-0.15, -0.1) is 0 Å². The molecular weight excluding hydrogens is 679 g/mol. The Bertz CT molecular complexity index is 2190. The lowest BCUT2D eigenvalue weighted by Crippen LogP contribution is -2.52. The minimum atomic E-state index is -2.00. The fraction of sp³-hybridized carbons (Fsp3) is 0.425. The van der Waals surface area contributed by atoms with E-state index in [0.717, 1.165) is 35.0 Å². The summed E-state index contributed by atoms with van der Waals surface area (Å²) in [7, 11) is 1.86. The average molecular weight is 725 g/mol. The molecule has 2 amide bonds. The summed E-state index contributed by atoms with van der Waals surface area (Å²) < 4.78 is 22.2. The van der Waals surface area contributed by atoms with Crippen molar-refractivity contribution in [3.8, 4) is 11.4 Å². The van der Waals surface area contributed by atoms with E-state index in [9.17, 15) is 24.3 Å². The van der Waals surface area contributed by atoms with Crippen molar-refractivity contribution in [2.75, 3.05) is 13.6 Å². The molecule has 2 aromatic heterocycles. The van der Waals surface area contributed by atoms with E-state index in [1.54, 1.807) is 19.9 Å². The van der Waals surface area contributed by atoms with Crippen LogP contribution in [0.25, 0.3) is 22.3 Å². The number of esters is 1. The number of nitrogens with two attached hydrogens (primary N) is 1. The number of aromatic nitrogens is 2. The Balaban J connectivity index is 1.26. The van der Waals surface area contributed by atoms with Gasteiger partial charge < -0.3 is 36.1 Å². The Hall–Kier alpha value is -4.98. The second-order valence-electron chi connectivity index (χ2n) is 14.4. The number of nitrogens with one attached hydrogen (secondary N) is 3. The number of unbranched alkanes of at least 4 members (excludes halogenated alkanes) is 1. The Labute approximate surface area is 306 Å². The maximum absolute atomic E-state index is 15.4. The van der Waals surface area contributed by atoms with E-state index in [4.69, 9.17) is 15.5 Å². The molecule has 0 spiro atoms. The Morgan fingerprint density at radius 1 is 1.13 bits per heavy atom. The second-order valence-corrected chi connectivity index (χ2v) is 14.4. The maximum atomic E-state index is 15.4. The summed E-state index contributed by atoms with van der Waals surface area (Å²) in [6, 6.07) is 10.2. The molecule has 4 atom stereocenters. The fourth-order valence-corrected chi connectivity index (χ4v) is 8.13. The number of pyridine rings is 2. The molecule has 0 bridgehead atoms. The highest BCUT2D eigenvalue weighted by molar-refractivity contribution is 5.95. The molecule has 0 saturated heterocycles. The number of fused-ring (bicyclic) bond motifs is 5. The van der Waals surface area contributed by atoms with Gasteiger partial charge in [0.15, 0.2) is 5.60 Å². The number of aryl methyl sites for hydroxylation is 1. The monoisotopic (exact) mass is 724 g/mol. The van der Waals surface area contributed by atoms with E-state index in [2.05, 4.69) is 16.0 Å². The van der Waals surface area contributed by atoms with Gasteiger partial charge in [-0.3, -0.25) is 14.4 Å². The molecule has 2 aromatic carbocycles. The van der Waals surface area contributed by atoms with Gasteiger partial charge in [0.2, 0.25) is 11.8 Å². The van der Waals surface area contributed by atoms with E-state index in [1.807, 2.05) is 37.4 Å². The van der Waals surface area contributed by atoms with Crippen molar-refractivity contribution in [2.45, 2.75) is 95.7 Å². The van der Waals surface area contributed by atoms with Gasteiger partial charge >= 0.3 is 5.97 Å². The Kier molecular flexibility index (Phi) is 9.92. The molecule has 1 aliphatic carbocycles. The molecule has 53 heavy (non-hydrogen) atoms. The van der Waals surface area contributed by atoms with Crippen LogP contribution >= 0.6 is 0 Å². The van der Waals surface area contributed by atoms with Crippen molar-refractivity contribution in [3.63, 3.8) is 0 Å². The number of halogens is 1. The van der Waals surface area contributed by atoms with Crippen molar-refractivity contribution in [1.82, 2.24) is 25.5 Å². The van der Waals surface area contributed by atoms with Gasteiger partial charge in [-0.25, -0.2) is 14.2 Å². The number of carbonyl (C=O) groups excluding carboxylic acids is 3. The minimum Gasteiger partial charge on any atom is -0.458 e. The number of carbonyl (C=O) groups is 3. The highest BCUT2D eigenvalue weighted by Crippen LogP contribution is 2.46. The molecule has 0 radical (unpaired) electrons. The topological polar surface area (TPSA) is 178 Å². The van der Waals surface area contributed by atoms with Crippen LogP contribution in [0.4, 0.5) is 4.39 Å². The molecule has 13 heteroatoms. The van der Waals surface area contributed by atoms with E-state index >= 15 is 4.39 Å². The van der Waals surface area contributed by atoms with Gasteiger partial charge in [0, 0.05) is 22.6 Å². The first-order chi connectivity index (χ1) is 25.5. The largest absolute Gasteiger partial charge is 0.458 e. The van der Waals surface area contributed by atoms with Gasteiger partial charge in [0.1, 0.15) is 18.5 Å². The summed E-state index contributed by atoms with van der Waals surface area (Å²) in [4.78, 5) is 59.2. The van der Waals surface area contributed by atoms with E-state index in [-0.39, 0.29) is 36.6 Å². The number of nitrogens with zero attached hydrogens (tertiary/aromatic N) is 2. The highest BCUT2D eigenvalue weighted by atomic mass is 19.1. The van der Waals surface area contributed by atoms with Crippen LogP contribution in [0.3, 0.4) is 0 Å². The number of cyclic esters (lactones) is 1. The maximum Gasteiger partial charge on any atom is 0.343 e. The van der Waals surface area contributed by atoms with Crippen molar-refractivity contribution in [3.05, 3.63) is 97.6 Å². The number of rotatable bonds is 12. The molecule has 278 valence electrons. The van der Waals surface area contributed by atoms with Crippen LogP contribution in [0.5, 0.6) is 0 Å². The predicted molar refractivity (Wildman–Crippen MR) is 196 cm³/mol. The van der Waals surface area contributed by atoms with E-state index < -0.39 is 47.0 Å². The summed E-state index contributed by atoms with van der Waals surface area (Å²) in [5.41, 5.74) is 9.11. The van der Waals surface area contributed by atoms with Gasteiger partial charge in [-0.05, 0) is 93.8 Å². The molecule has 7 rings (SSSR count). The normalized spacial score (nSPS) is 19.5. The van der Waals surface area contributed by atoms with Crippen LogP contribution in [0.2, 0.25) is 0 Å². The molecule has 0 unspecified atom stereocenters. The molecule has 12 nitrogen and oxygen atoms in total. The minimum absolute atomic E-state index is 0.00322. The molecule has 6 N–H and O–H groups in total. The van der Waals surface area contributed by atoms with Crippen molar-refractivity contribution in [2.24, 2.45) is 5.73 Å². The quantitative estimate of drug-likeness (QED) is 0.0956. The van der Waals surface area contributed by atoms with Gasteiger partial charge in [0.25, 0.3) is 5.56 Å². The van der Waals surface area contributed by atoms with Crippen LogP contribution in [0, 0.1) is 12.7 Å². The molecule has 4 aromatic rings. The Morgan fingerprint density at radius 3 is 2.64 bits per heavy atom. The molecule has 4 heterocycles. The predicted octanol–water partition coefficient (Wildman–Crippen LogP) is 3.08. The lowest BCUT2D eigenvalue weighted by Gasteiger charge is -2.31. The number of hydrogen-bond donors (Lipinski definition) is 5. The lowest BCUT2D eigenvalue weighted by molar-refractivity contribution is -0.172. The van der Waals surface area contributed by atoms with Crippen LogP contribution in [0.15, 0.2) is 47.3 Å². The van der Waals surface area contributed by atoms with Crippen LogP contribution in [-0.4, -0.2) is 58.1 Å². The third-order valence-electron chi connectivity index (χ3n) is 11.1. The van der Waals surface area contributed by atoms with Crippen LogP contribution < -0.4 is 27.2 Å². The molecule has 3 aliphatic rings. The third kappa shape index (κ3) is 6.40.